The number of rotatable bonds is 6. The highest BCUT2D eigenvalue weighted by Crippen LogP contribution is 2.34. The Morgan fingerprint density at radius 2 is 1.95 bits per heavy atom. The Hall–Kier alpha value is -1.35. The Morgan fingerprint density at radius 1 is 1.29 bits per heavy atom. The van der Waals surface area contributed by atoms with Gasteiger partial charge in [-0.15, -0.1) is 0 Å². The van der Waals surface area contributed by atoms with Gasteiger partial charge in [0.25, 0.3) is 0 Å². The first-order valence-electron chi connectivity index (χ1n) is 8.26. The quantitative estimate of drug-likeness (QED) is 0.845. The highest BCUT2D eigenvalue weighted by atomic mass is 16.2. The third-order valence-electron chi connectivity index (χ3n) is 4.59. The first-order valence-corrected chi connectivity index (χ1v) is 8.26. The summed E-state index contributed by atoms with van der Waals surface area (Å²) in [6.07, 6.45) is 5.16. The lowest BCUT2D eigenvalue weighted by Crippen LogP contribution is -2.52. The van der Waals surface area contributed by atoms with E-state index in [0.29, 0.717) is 0 Å². The molecule has 0 radical (unpaired) electrons. The van der Waals surface area contributed by atoms with E-state index in [-0.39, 0.29) is 17.4 Å². The second kappa shape index (κ2) is 7.60. The molecular weight excluding hydrogens is 260 g/mol. The first-order chi connectivity index (χ1) is 10.2. The van der Waals surface area contributed by atoms with Gasteiger partial charge in [-0.25, -0.2) is 0 Å². The largest absolute Gasteiger partial charge is 0.353 e. The predicted octanol–water partition coefficient (Wildman–Crippen LogP) is 3.00. The van der Waals surface area contributed by atoms with E-state index in [1.54, 1.807) is 0 Å². The van der Waals surface area contributed by atoms with Crippen LogP contribution in [0.5, 0.6) is 0 Å². The third-order valence-corrected chi connectivity index (χ3v) is 4.59. The van der Waals surface area contributed by atoms with Crippen molar-refractivity contribution in [2.24, 2.45) is 0 Å². The van der Waals surface area contributed by atoms with Gasteiger partial charge < -0.3 is 10.6 Å². The minimum Gasteiger partial charge on any atom is -0.353 e. The molecule has 1 aromatic rings. The van der Waals surface area contributed by atoms with Crippen LogP contribution in [0.25, 0.3) is 0 Å². The Morgan fingerprint density at radius 3 is 2.57 bits per heavy atom. The van der Waals surface area contributed by atoms with Crippen LogP contribution in [0.1, 0.15) is 51.5 Å². The van der Waals surface area contributed by atoms with Gasteiger partial charge in [0, 0.05) is 6.04 Å². The van der Waals surface area contributed by atoms with Crippen molar-refractivity contribution >= 4 is 5.91 Å². The van der Waals surface area contributed by atoms with Crippen LogP contribution in [-0.2, 0) is 10.2 Å². The standard InChI is InChI=1S/C18H28N2O/c1-3-4-8-15(2)20-17(21)18(11-13-19-14-12-18)16-9-6-5-7-10-16/h5-7,9-10,15,19H,3-4,8,11-14H2,1-2H3,(H,20,21). The molecule has 1 heterocycles. The maximum absolute atomic E-state index is 13.0. The first kappa shape index (κ1) is 16.0. The second-order valence-corrected chi connectivity index (χ2v) is 6.21. The van der Waals surface area contributed by atoms with E-state index in [4.69, 9.17) is 0 Å². The van der Waals surface area contributed by atoms with Crippen molar-refractivity contribution in [2.45, 2.75) is 57.4 Å². The molecule has 0 spiro atoms. The van der Waals surface area contributed by atoms with E-state index in [1.165, 1.54) is 12.8 Å². The van der Waals surface area contributed by atoms with Crippen LogP contribution in [0.3, 0.4) is 0 Å². The number of amides is 1. The number of nitrogens with one attached hydrogen (secondary N) is 2. The zero-order chi connectivity index (χ0) is 15.1. The summed E-state index contributed by atoms with van der Waals surface area (Å²) in [6.45, 7) is 6.12. The van der Waals surface area contributed by atoms with Gasteiger partial charge in [0.05, 0.1) is 5.41 Å². The zero-order valence-electron chi connectivity index (χ0n) is 13.3. The summed E-state index contributed by atoms with van der Waals surface area (Å²) >= 11 is 0. The number of carbonyl (C=O) groups is 1. The Kier molecular flexibility index (Phi) is 5.80. The number of unbranched alkanes of at least 4 members (excludes halogenated alkanes) is 1. The summed E-state index contributed by atoms with van der Waals surface area (Å²) < 4.78 is 0. The molecule has 1 fully saturated rings. The average Bonchev–Trinajstić information content (AvgIpc) is 2.54. The highest BCUT2D eigenvalue weighted by Gasteiger charge is 2.41. The van der Waals surface area contributed by atoms with Crippen LogP contribution >= 0.6 is 0 Å². The lowest BCUT2D eigenvalue weighted by Gasteiger charge is -2.37. The summed E-state index contributed by atoms with van der Waals surface area (Å²) in [7, 11) is 0. The molecule has 0 saturated carbocycles. The molecule has 2 N–H and O–H groups in total. The SMILES string of the molecule is CCCCC(C)NC(=O)C1(c2ccccc2)CCNCC1. The van der Waals surface area contributed by atoms with Crippen molar-refractivity contribution in [1.29, 1.82) is 0 Å². The molecular formula is C18H28N2O. The second-order valence-electron chi connectivity index (χ2n) is 6.21. The average molecular weight is 288 g/mol. The van der Waals surface area contributed by atoms with Gasteiger partial charge in [0.1, 0.15) is 0 Å². The van der Waals surface area contributed by atoms with Gasteiger partial charge in [-0.3, -0.25) is 4.79 Å². The van der Waals surface area contributed by atoms with Gasteiger partial charge in [0.2, 0.25) is 5.91 Å². The molecule has 3 nitrogen and oxygen atoms in total. The molecule has 1 saturated heterocycles. The number of hydrogen-bond acceptors (Lipinski definition) is 2. The predicted molar refractivity (Wildman–Crippen MR) is 87.4 cm³/mol. The van der Waals surface area contributed by atoms with Gasteiger partial charge in [0.15, 0.2) is 0 Å². The number of piperidine rings is 1. The van der Waals surface area contributed by atoms with Crippen molar-refractivity contribution in [3.05, 3.63) is 35.9 Å². The van der Waals surface area contributed by atoms with E-state index in [9.17, 15) is 4.79 Å². The van der Waals surface area contributed by atoms with Crippen LogP contribution < -0.4 is 10.6 Å². The Labute approximate surface area is 128 Å². The van der Waals surface area contributed by atoms with Gasteiger partial charge in [-0.2, -0.15) is 0 Å². The molecule has 21 heavy (non-hydrogen) atoms. The normalized spacial score (nSPS) is 19.0. The molecule has 1 aliphatic rings. The summed E-state index contributed by atoms with van der Waals surface area (Å²) in [5.41, 5.74) is 0.805. The molecule has 1 aromatic carbocycles. The maximum Gasteiger partial charge on any atom is 0.230 e. The number of carbonyl (C=O) groups excluding carboxylic acids is 1. The summed E-state index contributed by atoms with van der Waals surface area (Å²) in [4.78, 5) is 13.0. The summed E-state index contributed by atoms with van der Waals surface area (Å²) in [5, 5.41) is 6.63. The third kappa shape index (κ3) is 3.85. The van der Waals surface area contributed by atoms with Crippen LogP contribution in [0, 0.1) is 0 Å². The van der Waals surface area contributed by atoms with Crippen LogP contribution in [0.4, 0.5) is 0 Å². The monoisotopic (exact) mass is 288 g/mol. The molecule has 116 valence electrons. The highest BCUT2D eigenvalue weighted by molar-refractivity contribution is 5.88. The maximum atomic E-state index is 13.0. The van der Waals surface area contributed by atoms with E-state index >= 15 is 0 Å². The van der Waals surface area contributed by atoms with Gasteiger partial charge in [-0.1, -0.05) is 50.1 Å². The fraction of sp³-hybridized carbons (Fsp3) is 0.611. The molecule has 1 unspecified atom stereocenters. The molecule has 2 rings (SSSR count). The van der Waals surface area contributed by atoms with Crippen molar-refractivity contribution in [3.8, 4) is 0 Å². The Bertz CT molecular complexity index is 438. The van der Waals surface area contributed by atoms with Crippen LogP contribution in [0.2, 0.25) is 0 Å². The minimum atomic E-state index is -0.354. The zero-order valence-corrected chi connectivity index (χ0v) is 13.3. The molecule has 3 heteroatoms. The van der Waals surface area contributed by atoms with E-state index < -0.39 is 0 Å². The van der Waals surface area contributed by atoms with Crippen molar-refractivity contribution < 1.29 is 4.79 Å². The Balaban J connectivity index is 2.14. The van der Waals surface area contributed by atoms with E-state index in [2.05, 4.69) is 36.6 Å². The van der Waals surface area contributed by atoms with Crippen LogP contribution in [0.15, 0.2) is 30.3 Å². The van der Waals surface area contributed by atoms with Gasteiger partial charge in [-0.05, 0) is 44.8 Å². The number of benzene rings is 1. The molecule has 1 atom stereocenters. The molecule has 0 aromatic heterocycles. The molecule has 0 bridgehead atoms. The number of hydrogen-bond donors (Lipinski definition) is 2. The minimum absolute atomic E-state index is 0.207. The fourth-order valence-electron chi connectivity index (χ4n) is 3.20. The van der Waals surface area contributed by atoms with Crippen LogP contribution in [-0.4, -0.2) is 25.0 Å². The summed E-state index contributed by atoms with van der Waals surface area (Å²) in [5.74, 6) is 0.207. The van der Waals surface area contributed by atoms with Crippen molar-refractivity contribution in [2.75, 3.05) is 13.1 Å². The fourth-order valence-corrected chi connectivity index (χ4v) is 3.20. The van der Waals surface area contributed by atoms with Gasteiger partial charge >= 0.3 is 0 Å². The molecule has 0 aliphatic carbocycles. The molecule has 1 amide bonds. The lowest BCUT2D eigenvalue weighted by atomic mass is 9.72. The van der Waals surface area contributed by atoms with Crippen molar-refractivity contribution in [1.82, 2.24) is 10.6 Å². The summed E-state index contributed by atoms with van der Waals surface area (Å²) in [6, 6.07) is 10.5. The van der Waals surface area contributed by atoms with Crippen molar-refractivity contribution in [3.63, 3.8) is 0 Å². The smallest absolute Gasteiger partial charge is 0.230 e. The topological polar surface area (TPSA) is 41.1 Å². The van der Waals surface area contributed by atoms with E-state index in [0.717, 1.165) is 37.9 Å². The van der Waals surface area contributed by atoms with E-state index in [1.807, 2.05) is 18.2 Å². The lowest BCUT2D eigenvalue weighted by molar-refractivity contribution is -0.128. The molecule has 1 aliphatic heterocycles.